The second kappa shape index (κ2) is 10.3. The molecular formula is C24H27FN6. The standard InChI is InChI=1S/C24H27FN6/c1-5-23(20-7-6-8-21(25)16-20)31-14-11-19(15-18(31)2)22(9-12-26-3)27-17-28-24-10-13-29-30(24)4/h6-16,23,28H,2-3,5,17H2,1,4H3/b12-9-,27-22+. The van der Waals surface area contributed by atoms with Crippen LogP contribution in [-0.2, 0) is 7.05 Å². The van der Waals surface area contributed by atoms with E-state index in [9.17, 15) is 4.39 Å². The summed E-state index contributed by atoms with van der Waals surface area (Å²) < 4.78 is 15.5. The summed E-state index contributed by atoms with van der Waals surface area (Å²) in [5.41, 5.74) is 3.37. The Bertz CT molecular complexity index is 1060. The number of nitrogens with one attached hydrogen (secondary N) is 1. The molecule has 0 saturated heterocycles. The third-order valence-corrected chi connectivity index (χ3v) is 4.99. The van der Waals surface area contributed by atoms with Crippen molar-refractivity contribution in [1.29, 1.82) is 0 Å². The SMILES string of the molecule is C=N/C=C\C(=N/CNc1ccnn1C)C1=CC(=C)N(C(CC)c2cccc(F)c2)C=C1. The number of hydrogen-bond donors (Lipinski definition) is 1. The number of halogens is 1. The van der Waals surface area contributed by atoms with Gasteiger partial charge in [0.1, 0.15) is 18.3 Å². The second-order valence-corrected chi connectivity index (χ2v) is 7.01. The number of hydrogen-bond acceptors (Lipinski definition) is 5. The molecule has 0 spiro atoms. The van der Waals surface area contributed by atoms with Gasteiger partial charge in [-0.25, -0.2) is 4.39 Å². The smallest absolute Gasteiger partial charge is 0.125 e. The lowest BCUT2D eigenvalue weighted by molar-refractivity contribution is 0.343. The molecule has 2 heterocycles. The van der Waals surface area contributed by atoms with Crippen LogP contribution < -0.4 is 5.32 Å². The number of anilines is 1. The van der Waals surface area contributed by atoms with Gasteiger partial charge in [0.15, 0.2) is 0 Å². The van der Waals surface area contributed by atoms with Gasteiger partial charge in [-0.05, 0) is 49.1 Å². The van der Waals surface area contributed by atoms with Gasteiger partial charge in [-0.3, -0.25) is 14.7 Å². The van der Waals surface area contributed by atoms with Gasteiger partial charge in [0, 0.05) is 36.8 Å². The van der Waals surface area contributed by atoms with Crippen molar-refractivity contribution in [3.63, 3.8) is 0 Å². The van der Waals surface area contributed by atoms with Crippen LogP contribution in [0.3, 0.4) is 0 Å². The monoisotopic (exact) mass is 418 g/mol. The number of aromatic nitrogens is 2. The van der Waals surface area contributed by atoms with Crippen LogP contribution in [0.25, 0.3) is 0 Å². The average molecular weight is 419 g/mol. The van der Waals surface area contributed by atoms with E-state index in [4.69, 9.17) is 0 Å². The molecule has 31 heavy (non-hydrogen) atoms. The third kappa shape index (κ3) is 5.45. The third-order valence-electron chi connectivity index (χ3n) is 4.99. The number of nitrogens with zero attached hydrogens (tertiary/aromatic N) is 5. The minimum Gasteiger partial charge on any atom is -0.351 e. The molecular weight excluding hydrogens is 391 g/mol. The summed E-state index contributed by atoms with van der Waals surface area (Å²) in [4.78, 5) is 10.5. The van der Waals surface area contributed by atoms with Crippen molar-refractivity contribution in [2.75, 3.05) is 12.0 Å². The van der Waals surface area contributed by atoms with Crippen LogP contribution in [0, 0.1) is 5.82 Å². The highest BCUT2D eigenvalue weighted by Gasteiger charge is 2.21. The van der Waals surface area contributed by atoms with E-state index >= 15 is 0 Å². The van der Waals surface area contributed by atoms with Gasteiger partial charge >= 0.3 is 0 Å². The summed E-state index contributed by atoms with van der Waals surface area (Å²) in [7, 11) is 1.86. The molecule has 1 aromatic carbocycles. The Kier molecular flexibility index (Phi) is 7.32. The molecule has 1 N–H and O–H groups in total. The molecule has 0 fully saturated rings. The first-order chi connectivity index (χ1) is 15.0. The largest absolute Gasteiger partial charge is 0.351 e. The van der Waals surface area contributed by atoms with Crippen molar-refractivity contribution in [2.45, 2.75) is 19.4 Å². The van der Waals surface area contributed by atoms with Crippen molar-refractivity contribution < 1.29 is 4.39 Å². The lowest BCUT2D eigenvalue weighted by atomic mass is 9.99. The molecule has 0 bridgehead atoms. The predicted molar refractivity (Wildman–Crippen MR) is 125 cm³/mol. The zero-order valence-corrected chi connectivity index (χ0v) is 17.9. The van der Waals surface area contributed by atoms with E-state index < -0.39 is 0 Å². The molecule has 1 aliphatic rings. The number of rotatable bonds is 9. The summed E-state index contributed by atoms with van der Waals surface area (Å²) >= 11 is 0. The first-order valence-corrected chi connectivity index (χ1v) is 10.0. The first-order valence-electron chi connectivity index (χ1n) is 10.0. The molecule has 0 aliphatic carbocycles. The van der Waals surface area contributed by atoms with E-state index in [1.54, 1.807) is 35.3 Å². The normalized spacial score (nSPS) is 15.3. The van der Waals surface area contributed by atoms with Crippen molar-refractivity contribution in [3.05, 3.63) is 96.4 Å². The van der Waals surface area contributed by atoms with E-state index in [0.717, 1.165) is 34.8 Å². The molecule has 0 amide bonds. The molecule has 2 aromatic rings. The molecule has 1 unspecified atom stereocenters. The Morgan fingerprint density at radius 1 is 1.35 bits per heavy atom. The zero-order chi connectivity index (χ0) is 22.2. The average Bonchev–Trinajstić information content (AvgIpc) is 3.17. The molecule has 1 aromatic heterocycles. The zero-order valence-electron chi connectivity index (χ0n) is 17.9. The highest BCUT2D eigenvalue weighted by molar-refractivity contribution is 6.10. The fourth-order valence-corrected chi connectivity index (χ4v) is 3.45. The maximum atomic E-state index is 13.7. The Balaban J connectivity index is 1.79. The van der Waals surface area contributed by atoms with Crippen LogP contribution in [-0.4, -0.2) is 33.8 Å². The van der Waals surface area contributed by atoms with Crippen LogP contribution in [0.2, 0.25) is 0 Å². The van der Waals surface area contributed by atoms with E-state index in [1.807, 2.05) is 37.5 Å². The maximum absolute atomic E-state index is 13.7. The predicted octanol–water partition coefficient (Wildman–Crippen LogP) is 5.00. The van der Waals surface area contributed by atoms with Crippen LogP contribution in [0.4, 0.5) is 10.2 Å². The van der Waals surface area contributed by atoms with Gasteiger partial charge in [0.2, 0.25) is 0 Å². The molecule has 0 radical (unpaired) electrons. The number of benzene rings is 1. The molecule has 0 saturated carbocycles. The summed E-state index contributed by atoms with van der Waals surface area (Å²) in [5.74, 6) is 0.634. The van der Waals surface area contributed by atoms with E-state index in [0.29, 0.717) is 6.67 Å². The maximum Gasteiger partial charge on any atom is 0.125 e. The van der Waals surface area contributed by atoms with E-state index in [2.05, 4.69) is 45.5 Å². The van der Waals surface area contributed by atoms with Gasteiger partial charge in [0.05, 0.1) is 18.0 Å². The van der Waals surface area contributed by atoms with Crippen molar-refractivity contribution >= 4 is 18.2 Å². The van der Waals surface area contributed by atoms with Gasteiger partial charge < -0.3 is 10.2 Å². The Hall–Kier alpha value is -3.74. The van der Waals surface area contributed by atoms with Gasteiger partial charge in [-0.2, -0.15) is 5.10 Å². The minimum atomic E-state index is -0.240. The fraction of sp³-hybridized carbons (Fsp3) is 0.208. The molecule has 3 rings (SSSR count). The number of aliphatic imine (C=N–C) groups is 2. The van der Waals surface area contributed by atoms with Gasteiger partial charge in [-0.1, -0.05) is 25.6 Å². The fourth-order valence-electron chi connectivity index (χ4n) is 3.45. The number of aryl methyl sites for hydroxylation is 1. The second-order valence-electron chi connectivity index (χ2n) is 7.01. The molecule has 6 nitrogen and oxygen atoms in total. The van der Waals surface area contributed by atoms with Crippen molar-refractivity contribution in [2.24, 2.45) is 17.0 Å². The van der Waals surface area contributed by atoms with Crippen molar-refractivity contribution in [1.82, 2.24) is 14.7 Å². The van der Waals surface area contributed by atoms with E-state index in [1.165, 1.54) is 6.07 Å². The Morgan fingerprint density at radius 3 is 2.84 bits per heavy atom. The summed E-state index contributed by atoms with van der Waals surface area (Å²) in [6.45, 7) is 10.2. The van der Waals surface area contributed by atoms with Crippen molar-refractivity contribution in [3.8, 4) is 0 Å². The van der Waals surface area contributed by atoms with Crippen LogP contribution in [0.5, 0.6) is 0 Å². The lowest BCUT2D eigenvalue weighted by Gasteiger charge is -2.33. The molecule has 1 aliphatic heterocycles. The van der Waals surface area contributed by atoms with Gasteiger partial charge in [-0.15, -0.1) is 0 Å². The Labute approximate surface area is 182 Å². The van der Waals surface area contributed by atoms with Gasteiger partial charge in [0.25, 0.3) is 0 Å². The molecule has 1 atom stereocenters. The van der Waals surface area contributed by atoms with Crippen LogP contribution >= 0.6 is 0 Å². The molecule has 7 heteroatoms. The van der Waals surface area contributed by atoms with Crippen LogP contribution in [0.1, 0.15) is 24.9 Å². The lowest BCUT2D eigenvalue weighted by Crippen LogP contribution is -2.24. The topological polar surface area (TPSA) is 57.8 Å². The quantitative estimate of drug-likeness (QED) is 0.583. The Morgan fingerprint density at radius 2 is 2.19 bits per heavy atom. The summed E-state index contributed by atoms with van der Waals surface area (Å²) in [6.07, 6.45) is 11.9. The highest BCUT2D eigenvalue weighted by Crippen LogP contribution is 2.31. The number of allylic oxidation sites excluding steroid dienone is 4. The van der Waals surface area contributed by atoms with E-state index in [-0.39, 0.29) is 11.9 Å². The van der Waals surface area contributed by atoms with Crippen LogP contribution in [0.15, 0.2) is 95.0 Å². The summed E-state index contributed by atoms with van der Waals surface area (Å²) in [5, 5.41) is 7.36. The highest BCUT2D eigenvalue weighted by atomic mass is 19.1. The molecule has 160 valence electrons. The summed E-state index contributed by atoms with van der Waals surface area (Å²) in [6, 6.07) is 8.58. The first kappa shape index (κ1) is 22.0. The minimum absolute atomic E-state index is 0.00506.